The Morgan fingerprint density at radius 1 is 1.12 bits per heavy atom. The van der Waals surface area contributed by atoms with Crippen LogP contribution in [0.2, 0.25) is 0 Å². The van der Waals surface area contributed by atoms with Crippen LogP contribution in [-0.2, 0) is 29.8 Å². The number of hydrogen-bond donors (Lipinski definition) is 7. The number of aliphatic hydroxyl groups is 1. The molecule has 3 atom stereocenters. The molecule has 1 aliphatic rings. The number of aromatic nitrogens is 4. The Morgan fingerprint density at radius 2 is 1.77 bits per heavy atom. The molecular formula is C26H28N7O9P. The van der Waals surface area contributed by atoms with E-state index in [1.54, 1.807) is 24.3 Å². The minimum absolute atomic E-state index is 0.0519. The Morgan fingerprint density at radius 3 is 2.37 bits per heavy atom. The van der Waals surface area contributed by atoms with Gasteiger partial charge in [0.05, 0.1) is 13.0 Å². The van der Waals surface area contributed by atoms with Crippen LogP contribution in [0.25, 0.3) is 22.3 Å². The highest BCUT2D eigenvalue weighted by Crippen LogP contribution is 2.44. The van der Waals surface area contributed by atoms with Gasteiger partial charge in [-0.1, -0.05) is 36.4 Å². The lowest BCUT2D eigenvalue weighted by Gasteiger charge is -2.17. The zero-order valence-corrected chi connectivity index (χ0v) is 23.5. The molecule has 0 aliphatic carbocycles. The van der Waals surface area contributed by atoms with Crippen molar-refractivity contribution in [2.24, 2.45) is 0 Å². The molecule has 1 fully saturated rings. The van der Waals surface area contributed by atoms with Crippen molar-refractivity contribution in [2.75, 3.05) is 23.0 Å². The van der Waals surface area contributed by atoms with E-state index in [1.165, 1.54) is 11.5 Å². The number of nitrogens with one attached hydrogen (secondary N) is 3. The van der Waals surface area contributed by atoms with E-state index in [0.29, 0.717) is 11.3 Å². The molecule has 0 spiro atoms. The lowest BCUT2D eigenvalue weighted by molar-refractivity contribution is -0.116. The molecule has 2 aromatic heterocycles. The highest BCUT2D eigenvalue weighted by atomic mass is 31.2. The SMILES string of the molecule is CC(=O)Nc1ccc(-c2ccc(CC(=O)Nc3nc4c(=O)[nH]c(N)nc4n3[C@H]3C[C@H](OP(=O)(O)O)[C@@H](CO)O3)cc2)cc1. The number of nitrogens with two attached hydrogens (primary N) is 1. The van der Waals surface area contributed by atoms with Gasteiger partial charge in [0.25, 0.3) is 5.56 Å². The van der Waals surface area contributed by atoms with Crippen LogP contribution >= 0.6 is 7.82 Å². The lowest BCUT2D eigenvalue weighted by atomic mass is 10.0. The first-order valence-corrected chi connectivity index (χ1v) is 14.5. The molecule has 3 heterocycles. The summed E-state index contributed by atoms with van der Waals surface area (Å²) in [5.41, 5.74) is 7.99. The van der Waals surface area contributed by atoms with Gasteiger partial charge in [-0.25, -0.2) is 9.55 Å². The first kappa shape index (κ1) is 30.0. The van der Waals surface area contributed by atoms with Crippen LogP contribution in [-0.4, -0.2) is 65.0 Å². The fourth-order valence-electron chi connectivity index (χ4n) is 4.79. The summed E-state index contributed by atoms with van der Waals surface area (Å²) >= 11 is 0. The maximum Gasteiger partial charge on any atom is 0.469 e. The monoisotopic (exact) mass is 613 g/mol. The molecule has 0 bridgehead atoms. The minimum Gasteiger partial charge on any atom is -0.394 e. The number of nitrogens with zero attached hydrogens (tertiary/aromatic N) is 3. The third-order valence-corrected chi connectivity index (χ3v) is 7.14. The van der Waals surface area contributed by atoms with Crippen LogP contribution in [0.5, 0.6) is 0 Å². The largest absolute Gasteiger partial charge is 0.469 e. The van der Waals surface area contributed by atoms with Crippen molar-refractivity contribution in [3.05, 3.63) is 64.4 Å². The van der Waals surface area contributed by atoms with Crippen molar-refractivity contribution in [3.8, 4) is 11.1 Å². The number of phosphoric ester groups is 1. The number of phosphoric acid groups is 1. The number of nitrogen functional groups attached to an aromatic ring is 1. The number of rotatable bonds is 9. The van der Waals surface area contributed by atoms with Gasteiger partial charge in [0.1, 0.15) is 18.4 Å². The molecule has 8 N–H and O–H groups in total. The molecular weight excluding hydrogens is 585 g/mol. The van der Waals surface area contributed by atoms with Gasteiger partial charge in [0.15, 0.2) is 11.2 Å². The number of hydrogen-bond acceptors (Lipinski definition) is 10. The summed E-state index contributed by atoms with van der Waals surface area (Å²) in [6.45, 7) is 0.807. The second-order valence-electron chi connectivity index (χ2n) is 9.79. The molecule has 0 radical (unpaired) electrons. The molecule has 16 nitrogen and oxygen atoms in total. The van der Waals surface area contributed by atoms with E-state index in [0.717, 1.165) is 11.1 Å². The van der Waals surface area contributed by atoms with Gasteiger partial charge in [0, 0.05) is 19.0 Å². The van der Waals surface area contributed by atoms with Crippen LogP contribution in [0.4, 0.5) is 17.6 Å². The summed E-state index contributed by atoms with van der Waals surface area (Å²) in [6.07, 6.45) is -3.66. The number of aromatic amines is 1. The number of anilines is 3. The highest BCUT2D eigenvalue weighted by molar-refractivity contribution is 7.46. The van der Waals surface area contributed by atoms with Crippen molar-refractivity contribution >= 4 is 48.4 Å². The quantitative estimate of drug-likeness (QED) is 0.132. The van der Waals surface area contributed by atoms with Crippen LogP contribution < -0.4 is 21.9 Å². The molecule has 2 amide bonds. The maximum atomic E-state index is 13.1. The normalized spacial score (nSPS) is 18.6. The lowest BCUT2D eigenvalue weighted by Crippen LogP contribution is -2.27. The molecule has 1 aliphatic heterocycles. The minimum atomic E-state index is -4.93. The fourth-order valence-corrected chi connectivity index (χ4v) is 5.36. The Kier molecular flexibility index (Phi) is 8.41. The average Bonchev–Trinajstić information content (AvgIpc) is 3.48. The molecule has 0 unspecified atom stereocenters. The molecule has 1 saturated heterocycles. The molecule has 17 heteroatoms. The summed E-state index contributed by atoms with van der Waals surface area (Å²) in [5.74, 6) is -1.02. The smallest absolute Gasteiger partial charge is 0.394 e. The second kappa shape index (κ2) is 12.0. The zero-order valence-electron chi connectivity index (χ0n) is 22.6. The predicted molar refractivity (Wildman–Crippen MR) is 154 cm³/mol. The van der Waals surface area contributed by atoms with Gasteiger partial charge in [-0.05, 0) is 28.8 Å². The van der Waals surface area contributed by atoms with Gasteiger partial charge in [-0.2, -0.15) is 4.98 Å². The number of aliphatic hydroxyl groups excluding tert-OH is 1. The summed E-state index contributed by atoms with van der Waals surface area (Å²) in [5, 5.41) is 15.1. The number of fused-ring (bicyclic) bond motifs is 1. The van der Waals surface area contributed by atoms with Crippen LogP contribution in [0.1, 0.15) is 25.1 Å². The van der Waals surface area contributed by atoms with Crippen molar-refractivity contribution in [2.45, 2.75) is 38.2 Å². The van der Waals surface area contributed by atoms with Crippen molar-refractivity contribution < 1.29 is 38.3 Å². The standard InChI is InChI=1S/C26H28N7O9P/c1-13(35)28-17-8-6-16(7-9-17)15-4-2-14(3-5-15)10-20(36)29-26-30-22-23(31-25(27)32-24(22)37)33(26)21-11-18(19(12-34)41-21)42-43(38,39)40/h2-9,18-19,21,34H,10-12H2,1H3,(H,28,35)(H,29,30,36)(H2,38,39,40)(H3,27,31,32,37)/t18-,19+,21+/m0/s1. The van der Waals surface area contributed by atoms with Crippen molar-refractivity contribution in [1.82, 2.24) is 19.5 Å². The first-order chi connectivity index (χ1) is 20.4. The van der Waals surface area contributed by atoms with Gasteiger partial charge in [-0.15, -0.1) is 0 Å². The average molecular weight is 614 g/mol. The number of imidazole rings is 1. The van der Waals surface area contributed by atoms with E-state index in [2.05, 4.69) is 25.6 Å². The Hall–Kier alpha value is -4.44. The topological polar surface area (TPSA) is 244 Å². The number of carbonyl (C=O) groups excluding carboxylic acids is 2. The van der Waals surface area contributed by atoms with Gasteiger partial charge < -0.3 is 30.7 Å². The van der Waals surface area contributed by atoms with Gasteiger partial charge in [-0.3, -0.25) is 33.8 Å². The molecule has 43 heavy (non-hydrogen) atoms. The van der Waals surface area contributed by atoms with E-state index in [1.807, 2.05) is 24.3 Å². The maximum absolute atomic E-state index is 13.1. The Balaban J connectivity index is 1.36. The van der Waals surface area contributed by atoms with Gasteiger partial charge in [0.2, 0.25) is 23.7 Å². The Bertz CT molecular complexity index is 1770. The Labute approximate surface area is 243 Å². The van der Waals surface area contributed by atoms with E-state index in [9.17, 15) is 33.8 Å². The zero-order chi connectivity index (χ0) is 30.9. The van der Waals surface area contributed by atoms with Crippen molar-refractivity contribution in [1.29, 1.82) is 0 Å². The molecule has 226 valence electrons. The highest BCUT2D eigenvalue weighted by Gasteiger charge is 2.42. The van der Waals surface area contributed by atoms with Crippen molar-refractivity contribution in [3.63, 3.8) is 0 Å². The molecule has 5 rings (SSSR count). The molecule has 2 aromatic carbocycles. The van der Waals surface area contributed by atoms with Crippen LogP contribution in [0.3, 0.4) is 0 Å². The number of H-pyrrole nitrogens is 1. The number of ether oxygens (including phenoxy) is 1. The molecule has 0 saturated carbocycles. The second-order valence-corrected chi connectivity index (χ2v) is 11.0. The summed E-state index contributed by atoms with van der Waals surface area (Å²) in [6, 6.07) is 14.6. The van der Waals surface area contributed by atoms with E-state index >= 15 is 0 Å². The number of benzene rings is 2. The third-order valence-electron chi connectivity index (χ3n) is 6.60. The van der Waals surface area contributed by atoms with Crippen LogP contribution in [0.15, 0.2) is 53.3 Å². The van der Waals surface area contributed by atoms with Crippen LogP contribution in [0, 0.1) is 0 Å². The summed E-state index contributed by atoms with van der Waals surface area (Å²) in [7, 11) is -4.93. The summed E-state index contributed by atoms with van der Waals surface area (Å²) < 4.78 is 23.3. The number of amides is 2. The molecule has 4 aromatic rings. The summed E-state index contributed by atoms with van der Waals surface area (Å²) in [4.78, 5) is 66.1. The predicted octanol–water partition coefficient (Wildman–Crippen LogP) is 1.27. The fraction of sp³-hybridized carbons (Fsp3) is 0.269. The number of carbonyl (C=O) groups is 2. The van der Waals surface area contributed by atoms with E-state index in [-0.39, 0.29) is 41.8 Å². The van der Waals surface area contributed by atoms with Gasteiger partial charge >= 0.3 is 7.82 Å². The third kappa shape index (κ3) is 6.97. The van der Waals surface area contributed by atoms with E-state index in [4.69, 9.17) is 15.0 Å². The van der Waals surface area contributed by atoms with E-state index < -0.39 is 44.3 Å². The first-order valence-electron chi connectivity index (χ1n) is 12.9.